The molecule has 0 amide bonds. The predicted octanol–water partition coefficient (Wildman–Crippen LogP) is 1.86. The second-order valence-electron chi connectivity index (χ2n) is 5.02. The fraction of sp³-hybridized carbons (Fsp3) is 0.200. The average Bonchev–Trinajstić information content (AvgIpc) is 2.40. The Kier molecular flexibility index (Phi) is 4.20. The van der Waals surface area contributed by atoms with Gasteiger partial charge in [-0.15, -0.1) is 0 Å². The summed E-state index contributed by atoms with van der Waals surface area (Å²) in [7, 11) is -1.96. The monoisotopic (exact) mass is 305 g/mol. The number of anilines is 2. The fourth-order valence-electron chi connectivity index (χ4n) is 2.24. The Hall–Kier alpha value is -2.05. The number of nitrogens with two attached hydrogens (primary N) is 2. The minimum Gasteiger partial charge on any atom is -0.396 e. The first kappa shape index (κ1) is 15.3. The smallest absolute Gasteiger partial charge is 0.240 e. The van der Waals surface area contributed by atoms with Gasteiger partial charge in [-0.1, -0.05) is 30.3 Å². The van der Waals surface area contributed by atoms with Gasteiger partial charge in [0.1, 0.15) is 4.90 Å². The number of nitrogen functional groups attached to an aromatic ring is 1. The number of primary sulfonamides is 1. The molecule has 0 aliphatic rings. The van der Waals surface area contributed by atoms with Crippen LogP contribution in [0.4, 0.5) is 11.4 Å². The molecule has 0 fully saturated rings. The van der Waals surface area contributed by atoms with Gasteiger partial charge < -0.3 is 10.6 Å². The molecule has 112 valence electrons. The minimum atomic E-state index is -3.82. The van der Waals surface area contributed by atoms with E-state index in [0.717, 1.165) is 5.56 Å². The van der Waals surface area contributed by atoms with Gasteiger partial charge in [0, 0.05) is 13.6 Å². The third-order valence-electron chi connectivity index (χ3n) is 3.43. The molecular formula is C15H19N3O2S. The molecule has 21 heavy (non-hydrogen) atoms. The highest BCUT2D eigenvalue weighted by atomic mass is 32.2. The van der Waals surface area contributed by atoms with Gasteiger partial charge >= 0.3 is 0 Å². The molecule has 0 aliphatic carbocycles. The summed E-state index contributed by atoms with van der Waals surface area (Å²) in [6.07, 6.45) is 0. The SMILES string of the molecule is Cc1ccccc1CN(C)c1cccc(S(N)(=O)=O)c1N. The number of sulfonamides is 1. The zero-order chi connectivity index (χ0) is 15.6. The summed E-state index contributed by atoms with van der Waals surface area (Å²) in [4.78, 5) is 1.86. The van der Waals surface area contributed by atoms with Crippen LogP contribution in [0.25, 0.3) is 0 Å². The molecular weight excluding hydrogens is 286 g/mol. The van der Waals surface area contributed by atoms with Gasteiger partial charge in [0.05, 0.1) is 11.4 Å². The molecule has 2 aromatic carbocycles. The van der Waals surface area contributed by atoms with E-state index in [2.05, 4.69) is 0 Å². The normalized spacial score (nSPS) is 11.4. The number of aryl methyl sites for hydroxylation is 1. The van der Waals surface area contributed by atoms with Crippen molar-refractivity contribution in [2.45, 2.75) is 18.4 Å². The second kappa shape index (κ2) is 5.75. The van der Waals surface area contributed by atoms with Gasteiger partial charge in [-0.25, -0.2) is 13.6 Å². The van der Waals surface area contributed by atoms with Gasteiger partial charge in [0.25, 0.3) is 0 Å². The van der Waals surface area contributed by atoms with Crippen molar-refractivity contribution in [3.05, 3.63) is 53.6 Å². The summed E-state index contributed by atoms with van der Waals surface area (Å²) in [5.41, 5.74) is 9.11. The van der Waals surface area contributed by atoms with Crippen LogP contribution in [0.3, 0.4) is 0 Å². The van der Waals surface area contributed by atoms with Crippen molar-refractivity contribution in [1.82, 2.24) is 0 Å². The zero-order valence-corrected chi connectivity index (χ0v) is 12.9. The lowest BCUT2D eigenvalue weighted by Gasteiger charge is -2.23. The molecule has 2 rings (SSSR count). The van der Waals surface area contributed by atoms with Crippen LogP contribution in [-0.2, 0) is 16.6 Å². The number of rotatable bonds is 4. The Morgan fingerprint density at radius 2 is 1.76 bits per heavy atom. The average molecular weight is 305 g/mol. The molecule has 6 heteroatoms. The third kappa shape index (κ3) is 3.34. The molecule has 0 aromatic heterocycles. The lowest BCUT2D eigenvalue weighted by molar-refractivity contribution is 0.598. The van der Waals surface area contributed by atoms with Crippen LogP contribution in [0.15, 0.2) is 47.4 Å². The number of benzene rings is 2. The van der Waals surface area contributed by atoms with Gasteiger partial charge in [-0.2, -0.15) is 0 Å². The molecule has 0 unspecified atom stereocenters. The maximum atomic E-state index is 11.5. The highest BCUT2D eigenvalue weighted by Crippen LogP contribution is 2.29. The van der Waals surface area contributed by atoms with Crippen LogP contribution in [-0.4, -0.2) is 15.5 Å². The summed E-state index contributed by atoms with van der Waals surface area (Å²) in [5.74, 6) is 0. The van der Waals surface area contributed by atoms with E-state index in [9.17, 15) is 8.42 Å². The Labute approximate surface area is 125 Å². The maximum Gasteiger partial charge on any atom is 0.240 e. The third-order valence-corrected chi connectivity index (χ3v) is 4.40. The van der Waals surface area contributed by atoms with Gasteiger partial charge in [-0.3, -0.25) is 0 Å². The van der Waals surface area contributed by atoms with E-state index in [1.807, 2.05) is 43.1 Å². The van der Waals surface area contributed by atoms with Crippen molar-refractivity contribution in [2.75, 3.05) is 17.7 Å². The quantitative estimate of drug-likeness (QED) is 0.844. The summed E-state index contributed by atoms with van der Waals surface area (Å²) in [6, 6.07) is 12.9. The van der Waals surface area contributed by atoms with Crippen molar-refractivity contribution < 1.29 is 8.42 Å². The van der Waals surface area contributed by atoms with Crippen molar-refractivity contribution in [2.24, 2.45) is 5.14 Å². The molecule has 4 N–H and O–H groups in total. The van der Waals surface area contributed by atoms with E-state index in [4.69, 9.17) is 10.9 Å². The molecule has 0 spiro atoms. The van der Waals surface area contributed by atoms with E-state index in [1.165, 1.54) is 11.6 Å². The topological polar surface area (TPSA) is 89.4 Å². The number of hydrogen-bond acceptors (Lipinski definition) is 4. The first-order chi connectivity index (χ1) is 9.80. The van der Waals surface area contributed by atoms with Crippen LogP contribution in [0.1, 0.15) is 11.1 Å². The molecule has 0 heterocycles. The lowest BCUT2D eigenvalue weighted by atomic mass is 10.1. The highest BCUT2D eigenvalue weighted by molar-refractivity contribution is 7.89. The van der Waals surface area contributed by atoms with Gasteiger partial charge in [0.2, 0.25) is 10.0 Å². The molecule has 0 bridgehead atoms. The Balaban J connectivity index is 2.37. The van der Waals surface area contributed by atoms with Crippen molar-refractivity contribution in [3.63, 3.8) is 0 Å². The molecule has 0 atom stereocenters. The van der Waals surface area contributed by atoms with E-state index < -0.39 is 10.0 Å². The maximum absolute atomic E-state index is 11.5. The number of hydrogen-bond donors (Lipinski definition) is 2. The van der Waals surface area contributed by atoms with Crippen LogP contribution in [0.5, 0.6) is 0 Å². The Morgan fingerprint density at radius 3 is 2.38 bits per heavy atom. The minimum absolute atomic E-state index is 0.0448. The predicted molar refractivity (Wildman–Crippen MR) is 85.5 cm³/mol. The molecule has 0 saturated carbocycles. The van der Waals surface area contributed by atoms with Crippen LogP contribution >= 0.6 is 0 Å². The fourth-order valence-corrected chi connectivity index (χ4v) is 2.92. The lowest BCUT2D eigenvalue weighted by Crippen LogP contribution is -2.21. The summed E-state index contributed by atoms with van der Waals surface area (Å²) >= 11 is 0. The summed E-state index contributed by atoms with van der Waals surface area (Å²) in [5, 5.41) is 5.18. The first-order valence-electron chi connectivity index (χ1n) is 6.47. The summed E-state index contributed by atoms with van der Waals surface area (Å²) < 4.78 is 23.0. The first-order valence-corrected chi connectivity index (χ1v) is 8.02. The van der Waals surface area contributed by atoms with Crippen molar-refractivity contribution in [1.29, 1.82) is 0 Å². The van der Waals surface area contributed by atoms with Crippen LogP contribution < -0.4 is 15.8 Å². The highest BCUT2D eigenvalue weighted by Gasteiger charge is 2.17. The zero-order valence-electron chi connectivity index (χ0n) is 12.1. The molecule has 0 saturated heterocycles. The van der Waals surface area contributed by atoms with E-state index >= 15 is 0 Å². The standard InChI is InChI=1S/C15H19N3O2S/c1-11-6-3-4-7-12(11)10-18(2)13-8-5-9-14(15(13)16)21(17,19)20/h3-9H,10,16H2,1-2H3,(H2,17,19,20). The van der Waals surface area contributed by atoms with Crippen LogP contribution in [0, 0.1) is 6.92 Å². The van der Waals surface area contributed by atoms with Crippen molar-refractivity contribution >= 4 is 21.4 Å². The molecule has 0 radical (unpaired) electrons. The number of para-hydroxylation sites is 1. The number of nitrogens with zero attached hydrogens (tertiary/aromatic N) is 1. The van der Waals surface area contributed by atoms with E-state index in [1.54, 1.807) is 12.1 Å². The van der Waals surface area contributed by atoms with Crippen molar-refractivity contribution in [3.8, 4) is 0 Å². The van der Waals surface area contributed by atoms with E-state index in [-0.39, 0.29) is 10.6 Å². The molecule has 2 aromatic rings. The largest absolute Gasteiger partial charge is 0.396 e. The molecule has 0 aliphatic heterocycles. The van der Waals surface area contributed by atoms with Crippen LogP contribution in [0.2, 0.25) is 0 Å². The van der Waals surface area contributed by atoms with E-state index in [0.29, 0.717) is 12.2 Å². The summed E-state index contributed by atoms with van der Waals surface area (Å²) in [6.45, 7) is 2.66. The van der Waals surface area contributed by atoms with Gasteiger partial charge in [0.15, 0.2) is 0 Å². The Morgan fingerprint density at radius 1 is 1.10 bits per heavy atom. The molecule has 5 nitrogen and oxygen atoms in total. The Bertz CT molecular complexity index is 757. The van der Waals surface area contributed by atoms with Gasteiger partial charge in [-0.05, 0) is 30.2 Å². The second-order valence-corrected chi connectivity index (χ2v) is 6.55.